The quantitative estimate of drug-likeness (QED) is 0.481. The number of aromatic nitrogens is 1. The molecule has 4 rings (SSSR count). The molecule has 1 fully saturated rings. The zero-order valence-electron chi connectivity index (χ0n) is 16.6. The van der Waals surface area contributed by atoms with Crippen molar-refractivity contribution in [1.29, 1.82) is 0 Å². The molecule has 10 heteroatoms. The number of carbonyl (C=O) groups is 1. The molecule has 0 bridgehead atoms. The molecule has 0 atom stereocenters. The van der Waals surface area contributed by atoms with Gasteiger partial charge in [0.05, 0.1) is 15.6 Å². The van der Waals surface area contributed by atoms with Crippen LogP contribution in [0.25, 0.3) is 11.3 Å². The van der Waals surface area contributed by atoms with Gasteiger partial charge in [-0.25, -0.2) is 0 Å². The van der Waals surface area contributed by atoms with Crippen molar-refractivity contribution in [2.45, 2.75) is 6.92 Å². The Kier molecular flexibility index (Phi) is 5.51. The Bertz CT molecular complexity index is 1150. The number of rotatable bonds is 4. The number of nitrogens with zero attached hydrogens (tertiary/aromatic N) is 4. The topological polar surface area (TPSA) is 113 Å². The number of halogens is 1. The molecule has 2 heterocycles. The first-order valence-electron chi connectivity index (χ1n) is 9.59. The van der Waals surface area contributed by atoms with E-state index < -0.39 is 4.92 Å². The number of aromatic hydroxyl groups is 1. The van der Waals surface area contributed by atoms with Crippen molar-refractivity contribution in [2.24, 2.45) is 0 Å². The maximum atomic E-state index is 13.2. The molecule has 0 saturated carbocycles. The molecule has 1 saturated heterocycles. The second kappa shape index (κ2) is 8.27. The summed E-state index contributed by atoms with van der Waals surface area (Å²) in [6.07, 6.45) is 0. The number of para-hydroxylation sites is 1. The largest absolute Gasteiger partial charge is 0.507 e. The van der Waals surface area contributed by atoms with Gasteiger partial charge in [-0.15, -0.1) is 0 Å². The number of aryl methyl sites for hydroxylation is 1. The number of piperazine rings is 1. The number of hydrogen-bond acceptors (Lipinski definition) is 7. The van der Waals surface area contributed by atoms with Crippen molar-refractivity contribution in [3.8, 4) is 17.0 Å². The van der Waals surface area contributed by atoms with Crippen molar-refractivity contribution in [1.82, 2.24) is 10.1 Å². The van der Waals surface area contributed by atoms with Crippen LogP contribution in [0.5, 0.6) is 5.75 Å². The summed E-state index contributed by atoms with van der Waals surface area (Å²) < 4.78 is 5.26. The Balaban J connectivity index is 1.52. The fraction of sp³-hybridized carbons (Fsp3) is 0.238. The zero-order chi connectivity index (χ0) is 22.1. The summed E-state index contributed by atoms with van der Waals surface area (Å²) in [6.45, 7) is 3.55. The summed E-state index contributed by atoms with van der Waals surface area (Å²) in [4.78, 5) is 27.3. The van der Waals surface area contributed by atoms with Crippen LogP contribution in [0.4, 0.5) is 11.4 Å². The normalized spacial score (nSPS) is 14.0. The number of nitro groups is 1. The van der Waals surface area contributed by atoms with E-state index in [4.69, 9.17) is 16.1 Å². The number of carbonyl (C=O) groups excluding carboxylic acids is 1. The molecule has 1 aliphatic heterocycles. The van der Waals surface area contributed by atoms with Gasteiger partial charge in [0.1, 0.15) is 22.8 Å². The smallest absolute Gasteiger partial charge is 0.271 e. The Morgan fingerprint density at radius 3 is 2.55 bits per heavy atom. The van der Waals surface area contributed by atoms with E-state index in [2.05, 4.69) is 5.16 Å². The Morgan fingerprint density at radius 2 is 1.90 bits per heavy atom. The first kappa shape index (κ1) is 20.7. The third kappa shape index (κ3) is 3.91. The third-order valence-corrected chi connectivity index (χ3v) is 5.59. The van der Waals surface area contributed by atoms with Crippen LogP contribution < -0.4 is 4.90 Å². The van der Waals surface area contributed by atoms with Crippen LogP contribution in [-0.4, -0.2) is 52.2 Å². The van der Waals surface area contributed by atoms with Gasteiger partial charge in [-0.1, -0.05) is 28.9 Å². The molecule has 3 aromatic rings. The number of non-ortho nitro benzene ring substituents is 1. The number of nitro benzene ring substituents is 1. The van der Waals surface area contributed by atoms with Crippen molar-refractivity contribution in [3.63, 3.8) is 0 Å². The number of amides is 1. The molecule has 1 aliphatic rings. The lowest BCUT2D eigenvalue weighted by molar-refractivity contribution is -0.384. The summed E-state index contributed by atoms with van der Waals surface area (Å²) in [7, 11) is 0. The number of benzene rings is 2. The van der Waals surface area contributed by atoms with Crippen LogP contribution in [0.15, 0.2) is 47.0 Å². The molecule has 2 aromatic carbocycles. The second-order valence-corrected chi connectivity index (χ2v) is 7.56. The average molecular weight is 443 g/mol. The van der Waals surface area contributed by atoms with E-state index in [1.54, 1.807) is 36.1 Å². The number of hydrogen-bond donors (Lipinski definition) is 1. The van der Waals surface area contributed by atoms with Crippen molar-refractivity contribution < 1.29 is 19.3 Å². The second-order valence-electron chi connectivity index (χ2n) is 7.15. The summed E-state index contributed by atoms with van der Waals surface area (Å²) in [5.74, 6) is 0.165. The predicted molar refractivity (Wildman–Crippen MR) is 115 cm³/mol. The van der Waals surface area contributed by atoms with E-state index in [0.29, 0.717) is 59.5 Å². The fourth-order valence-corrected chi connectivity index (χ4v) is 3.95. The first-order chi connectivity index (χ1) is 14.9. The summed E-state index contributed by atoms with van der Waals surface area (Å²) in [5, 5.41) is 25.4. The molecule has 1 N–H and O–H groups in total. The Hall–Kier alpha value is -3.59. The van der Waals surface area contributed by atoms with Gasteiger partial charge >= 0.3 is 0 Å². The lowest BCUT2D eigenvalue weighted by Crippen LogP contribution is -2.49. The summed E-state index contributed by atoms with van der Waals surface area (Å²) >= 11 is 6.24. The highest BCUT2D eigenvalue weighted by atomic mass is 35.5. The van der Waals surface area contributed by atoms with Gasteiger partial charge in [0.25, 0.3) is 11.6 Å². The molecule has 160 valence electrons. The zero-order valence-corrected chi connectivity index (χ0v) is 17.4. The van der Waals surface area contributed by atoms with E-state index in [1.807, 2.05) is 4.90 Å². The third-order valence-electron chi connectivity index (χ3n) is 5.29. The van der Waals surface area contributed by atoms with E-state index in [1.165, 1.54) is 18.2 Å². The van der Waals surface area contributed by atoms with Crippen LogP contribution in [-0.2, 0) is 0 Å². The van der Waals surface area contributed by atoms with Crippen LogP contribution >= 0.6 is 11.6 Å². The van der Waals surface area contributed by atoms with Crippen molar-refractivity contribution in [3.05, 3.63) is 68.9 Å². The monoisotopic (exact) mass is 442 g/mol. The van der Waals surface area contributed by atoms with E-state index in [9.17, 15) is 20.0 Å². The molecule has 31 heavy (non-hydrogen) atoms. The van der Waals surface area contributed by atoms with E-state index in [0.717, 1.165) is 0 Å². The summed E-state index contributed by atoms with van der Waals surface area (Å²) in [6, 6.07) is 11.0. The molecular weight excluding hydrogens is 424 g/mol. The maximum absolute atomic E-state index is 13.2. The lowest BCUT2D eigenvalue weighted by atomic mass is 10.0. The van der Waals surface area contributed by atoms with Crippen LogP contribution in [0.1, 0.15) is 16.1 Å². The van der Waals surface area contributed by atoms with Gasteiger partial charge in [-0.05, 0) is 25.1 Å². The highest BCUT2D eigenvalue weighted by molar-refractivity contribution is 6.33. The first-order valence-corrected chi connectivity index (χ1v) is 9.97. The highest BCUT2D eigenvalue weighted by Gasteiger charge is 2.30. The Morgan fingerprint density at radius 1 is 1.19 bits per heavy atom. The van der Waals surface area contributed by atoms with Gasteiger partial charge in [-0.2, -0.15) is 0 Å². The predicted octanol–water partition coefficient (Wildman–Crippen LogP) is 3.88. The van der Waals surface area contributed by atoms with Crippen molar-refractivity contribution in [2.75, 3.05) is 31.1 Å². The molecule has 9 nitrogen and oxygen atoms in total. The molecule has 1 aromatic heterocycles. The van der Waals surface area contributed by atoms with Gasteiger partial charge in [0.2, 0.25) is 0 Å². The lowest BCUT2D eigenvalue weighted by Gasteiger charge is -2.36. The molecule has 0 radical (unpaired) electrons. The van der Waals surface area contributed by atoms with Crippen LogP contribution in [0.2, 0.25) is 5.02 Å². The molecule has 0 unspecified atom stereocenters. The van der Waals surface area contributed by atoms with Gasteiger partial charge in [0.15, 0.2) is 0 Å². The minimum Gasteiger partial charge on any atom is -0.507 e. The maximum Gasteiger partial charge on any atom is 0.271 e. The standard InChI is InChI=1S/C21H19ClN4O5/c1-13-19(20(23-31-13)15-4-2-3-5-18(15)27)21(28)25-10-8-24(9-11-25)17-7-6-14(26(29)30)12-16(17)22/h2-7,12,27H,8-11H2,1H3. The fourth-order valence-electron chi connectivity index (χ4n) is 3.66. The minimum absolute atomic E-state index is 0.0162. The number of anilines is 1. The molecular formula is C21H19ClN4O5. The van der Waals surface area contributed by atoms with Crippen LogP contribution in [0, 0.1) is 17.0 Å². The van der Waals surface area contributed by atoms with Crippen LogP contribution in [0.3, 0.4) is 0 Å². The molecule has 0 spiro atoms. The van der Waals surface area contributed by atoms with Crippen molar-refractivity contribution >= 4 is 28.9 Å². The minimum atomic E-state index is -0.490. The Labute approximate surface area is 182 Å². The molecule has 0 aliphatic carbocycles. The average Bonchev–Trinajstić information content (AvgIpc) is 3.14. The summed E-state index contributed by atoms with van der Waals surface area (Å²) in [5.41, 5.74) is 1.68. The number of phenols is 1. The SMILES string of the molecule is Cc1onc(-c2ccccc2O)c1C(=O)N1CCN(c2ccc([N+](=O)[O-])cc2Cl)CC1. The highest BCUT2D eigenvalue weighted by Crippen LogP contribution is 2.34. The van der Waals surface area contributed by atoms with Gasteiger partial charge in [0, 0.05) is 43.9 Å². The van der Waals surface area contributed by atoms with E-state index >= 15 is 0 Å². The van der Waals surface area contributed by atoms with Gasteiger partial charge < -0.3 is 19.4 Å². The van der Waals surface area contributed by atoms with Gasteiger partial charge in [-0.3, -0.25) is 14.9 Å². The van der Waals surface area contributed by atoms with E-state index in [-0.39, 0.29) is 17.3 Å². The molecule has 1 amide bonds. The number of phenolic OH excluding ortho intramolecular Hbond substituents is 1.